The summed E-state index contributed by atoms with van der Waals surface area (Å²) in [6, 6.07) is 15.0. The Morgan fingerprint density at radius 1 is 1.18 bits per heavy atom. The fraction of sp³-hybridized carbons (Fsp3) is 0.471. The van der Waals surface area contributed by atoms with Crippen LogP contribution in [0.2, 0.25) is 18.6 Å². The van der Waals surface area contributed by atoms with Gasteiger partial charge in [-0.3, -0.25) is 14.4 Å². The van der Waals surface area contributed by atoms with E-state index in [1.807, 2.05) is 62.5 Å². The summed E-state index contributed by atoms with van der Waals surface area (Å²) in [7, 11) is -2.99. The zero-order valence-electron chi connectivity index (χ0n) is 26.2. The number of hydrogen-bond acceptors (Lipinski definition) is 7. The highest BCUT2D eigenvalue weighted by Gasteiger charge is 2.66. The molecule has 238 valence electrons. The lowest BCUT2D eigenvalue weighted by Gasteiger charge is -2.33. The number of aliphatic hydroxyl groups excluding tert-OH is 1. The number of nitrogens with zero attached hydrogens (tertiary/aromatic N) is 4. The number of amides is 3. The van der Waals surface area contributed by atoms with Crippen LogP contribution in [0.4, 0.5) is 11.4 Å². The lowest BCUT2D eigenvalue weighted by molar-refractivity contribution is -0.149. The number of anilines is 2. The fourth-order valence-corrected chi connectivity index (χ4v) is 10.5. The third-order valence-corrected chi connectivity index (χ3v) is 12.5. The van der Waals surface area contributed by atoms with Crippen LogP contribution in [0.3, 0.4) is 0 Å². The third-order valence-electron chi connectivity index (χ3n) is 9.95. The molecule has 0 radical (unpaired) electrons. The molecule has 0 aliphatic carbocycles. The Labute approximate surface area is 265 Å². The van der Waals surface area contributed by atoms with Crippen molar-refractivity contribution in [3.05, 3.63) is 72.3 Å². The number of likely N-dealkylation sites (tertiary alicyclic amines) is 1. The number of benzene rings is 2. The van der Waals surface area contributed by atoms with Gasteiger partial charge in [0.05, 0.1) is 42.3 Å². The largest absolute Gasteiger partial charge is 0.432 e. The molecule has 2 N–H and O–H groups in total. The predicted octanol–water partition coefficient (Wildman–Crippen LogP) is 3.92. The number of rotatable bonds is 8. The molecule has 6 rings (SSSR count). The Bertz CT molecular complexity index is 1540. The van der Waals surface area contributed by atoms with E-state index in [-0.39, 0.29) is 43.3 Å². The van der Waals surface area contributed by atoms with Gasteiger partial charge in [-0.05, 0) is 49.7 Å². The van der Waals surface area contributed by atoms with Gasteiger partial charge in [0.15, 0.2) is 13.9 Å². The fourth-order valence-electron chi connectivity index (χ4n) is 7.94. The second kappa shape index (κ2) is 11.9. The number of aliphatic hydroxyl groups is 1. The van der Waals surface area contributed by atoms with Gasteiger partial charge in [0.1, 0.15) is 0 Å². The zero-order valence-corrected chi connectivity index (χ0v) is 27.2. The van der Waals surface area contributed by atoms with Gasteiger partial charge in [-0.15, -0.1) is 6.58 Å². The monoisotopic (exact) mass is 630 g/mol. The standard InChI is InChI=1S/C34H42N4O6Si/c1-5-17-37-28-15-13-24(38-30(40)16-14-27(35-38)23-10-7-6-8-11-23)19-26(28)34(33(37)42)22(2)32(45(3,4)43)29(44-34)20-31(41)36-18-9-12-25(36)21-39/h5-8,10-11,13,15,19,22,25,29,32,39,43H,1,9,12,14,16-18,20-21H2,2-4H3/t22-,25-,29+,32-,34+/m0/s1. The van der Waals surface area contributed by atoms with Crippen LogP contribution < -0.4 is 9.91 Å². The van der Waals surface area contributed by atoms with E-state index in [0.717, 1.165) is 24.1 Å². The minimum absolute atomic E-state index is 0.00332. The van der Waals surface area contributed by atoms with Crippen LogP contribution in [0.25, 0.3) is 0 Å². The van der Waals surface area contributed by atoms with E-state index in [2.05, 4.69) is 6.58 Å². The smallest absolute Gasteiger partial charge is 0.264 e. The molecule has 10 nitrogen and oxygen atoms in total. The second-order valence-electron chi connectivity index (χ2n) is 13.2. The number of carbonyl (C=O) groups is 3. The first kappa shape index (κ1) is 31.3. The highest BCUT2D eigenvalue weighted by molar-refractivity contribution is 6.71. The van der Waals surface area contributed by atoms with Crippen LogP contribution in [0.15, 0.2) is 66.3 Å². The molecule has 2 fully saturated rings. The van der Waals surface area contributed by atoms with Crippen LogP contribution in [0.5, 0.6) is 0 Å². The first-order valence-corrected chi connectivity index (χ1v) is 18.9. The van der Waals surface area contributed by atoms with Gasteiger partial charge in [0, 0.05) is 43.0 Å². The number of carbonyl (C=O) groups excluding carboxylic acids is 3. The van der Waals surface area contributed by atoms with Gasteiger partial charge in [0.25, 0.3) is 5.91 Å². The molecule has 0 unspecified atom stereocenters. The lowest BCUT2D eigenvalue weighted by Crippen LogP contribution is -2.46. The highest BCUT2D eigenvalue weighted by atomic mass is 28.4. The summed E-state index contributed by atoms with van der Waals surface area (Å²) in [5, 5.41) is 16.0. The first-order valence-electron chi connectivity index (χ1n) is 15.8. The second-order valence-corrected chi connectivity index (χ2v) is 17.1. The molecule has 2 saturated heterocycles. The van der Waals surface area contributed by atoms with Crippen LogP contribution in [-0.2, 0) is 24.7 Å². The van der Waals surface area contributed by atoms with Gasteiger partial charge in [0.2, 0.25) is 11.8 Å². The molecular weight excluding hydrogens is 588 g/mol. The quantitative estimate of drug-likeness (QED) is 0.337. The molecule has 5 atom stereocenters. The maximum Gasteiger partial charge on any atom is 0.264 e. The Morgan fingerprint density at radius 2 is 1.93 bits per heavy atom. The summed E-state index contributed by atoms with van der Waals surface area (Å²) < 4.78 is 6.84. The van der Waals surface area contributed by atoms with E-state index in [1.54, 1.807) is 21.9 Å². The Morgan fingerprint density at radius 3 is 2.62 bits per heavy atom. The van der Waals surface area contributed by atoms with Gasteiger partial charge < -0.3 is 24.4 Å². The minimum atomic E-state index is -2.99. The van der Waals surface area contributed by atoms with E-state index in [1.165, 1.54) is 5.01 Å². The Balaban J connectivity index is 1.42. The van der Waals surface area contributed by atoms with Gasteiger partial charge in [-0.2, -0.15) is 5.10 Å². The average molecular weight is 631 g/mol. The van der Waals surface area contributed by atoms with Crippen LogP contribution in [-0.4, -0.2) is 78.4 Å². The van der Waals surface area contributed by atoms with Crippen molar-refractivity contribution in [3.8, 4) is 0 Å². The molecule has 0 saturated carbocycles. The van der Waals surface area contributed by atoms with Crippen LogP contribution in [0, 0.1) is 5.92 Å². The molecule has 2 aromatic carbocycles. The minimum Gasteiger partial charge on any atom is -0.432 e. The highest BCUT2D eigenvalue weighted by Crippen LogP contribution is 2.60. The van der Waals surface area contributed by atoms with Gasteiger partial charge >= 0.3 is 0 Å². The van der Waals surface area contributed by atoms with Crippen molar-refractivity contribution < 1.29 is 29.0 Å². The van der Waals surface area contributed by atoms with E-state index >= 15 is 0 Å². The maximum absolute atomic E-state index is 14.5. The molecule has 0 bridgehead atoms. The normalized spacial score (nSPS) is 28.2. The van der Waals surface area contributed by atoms with Crippen molar-refractivity contribution >= 4 is 43.1 Å². The van der Waals surface area contributed by atoms with Crippen molar-refractivity contribution in [2.24, 2.45) is 11.0 Å². The summed E-state index contributed by atoms with van der Waals surface area (Å²) in [6.45, 7) is 10.2. The Kier molecular flexibility index (Phi) is 8.32. The zero-order chi connectivity index (χ0) is 32.1. The summed E-state index contributed by atoms with van der Waals surface area (Å²) in [4.78, 5) is 56.2. The van der Waals surface area contributed by atoms with Gasteiger partial charge in [-0.25, -0.2) is 5.01 Å². The summed E-state index contributed by atoms with van der Waals surface area (Å²) in [5.41, 5.74) is 1.62. The number of hydrazone groups is 1. The van der Waals surface area contributed by atoms with Crippen molar-refractivity contribution in [1.29, 1.82) is 0 Å². The van der Waals surface area contributed by atoms with E-state index in [9.17, 15) is 24.3 Å². The molecule has 1 spiro atoms. The van der Waals surface area contributed by atoms with Crippen molar-refractivity contribution in [3.63, 3.8) is 0 Å². The third kappa shape index (κ3) is 5.25. The molecule has 4 aliphatic heterocycles. The molecule has 2 aromatic rings. The summed E-state index contributed by atoms with van der Waals surface area (Å²) in [5.74, 6) is -1.03. The van der Waals surface area contributed by atoms with Crippen molar-refractivity contribution in [2.45, 2.75) is 75.4 Å². The number of hydrogen-bond donors (Lipinski definition) is 2. The molecule has 3 amide bonds. The number of ether oxygens (including phenoxy) is 1. The molecule has 4 aliphatic rings. The molecule has 0 aromatic heterocycles. The SMILES string of the molecule is C=CCN1C(=O)[C@]2(O[C@H](CC(=O)N3CCC[C@H]3CO)[C@@H]([Si](C)(C)O)[C@@H]2C)c2cc(N3N=C(c4ccccc4)CCC3=O)ccc21. The summed E-state index contributed by atoms with van der Waals surface area (Å²) >= 11 is 0. The maximum atomic E-state index is 14.5. The average Bonchev–Trinajstić information content (AvgIpc) is 3.68. The molecule has 4 heterocycles. The predicted molar refractivity (Wildman–Crippen MR) is 174 cm³/mol. The van der Waals surface area contributed by atoms with E-state index in [4.69, 9.17) is 9.84 Å². The first-order chi connectivity index (χ1) is 21.5. The van der Waals surface area contributed by atoms with Crippen molar-refractivity contribution in [2.75, 3.05) is 29.6 Å². The van der Waals surface area contributed by atoms with Crippen molar-refractivity contribution in [1.82, 2.24) is 4.90 Å². The van der Waals surface area contributed by atoms with Gasteiger partial charge in [-0.1, -0.05) is 43.3 Å². The van der Waals surface area contributed by atoms with Crippen LogP contribution in [0.1, 0.15) is 50.2 Å². The molecule has 11 heteroatoms. The lowest BCUT2D eigenvalue weighted by atomic mass is 9.82. The summed E-state index contributed by atoms with van der Waals surface area (Å²) in [6.07, 6.45) is 3.35. The van der Waals surface area contributed by atoms with Crippen LogP contribution >= 0.6 is 0 Å². The number of fused-ring (bicyclic) bond motifs is 2. The molecular formula is C34H42N4O6Si. The van der Waals surface area contributed by atoms with E-state index < -0.39 is 31.5 Å². The Hall–Kier alpha value is -3.64. The molecule has 45 heavy (non-hydrogen) atoms. The topological polar surface area (TPSA) is 123 Å². The van der Waals surface area contributed by atoms with E-state index in [0.29, 0.717) is 36.3 Å².